The molecule has 1 aromatic carbocycles. The number of aliphatic hydroxyl groups excluding tert-OH is 1. The van der Waals surface area contributed by atoms with Crippen LogP contribution < -0.4 is 0 Å². The molecule has 0 saturated carbocycles. The zero-order valence-electron chi connectivity index (χ0n) is 9.28. The lowest BCUT2D eigenvalue weighted by Crippen LogP contribution is -2.03. The number of aliphatic hydroxyl groups is 1. The average molecular weight is 375 g/mol. The second-order valence-electron chi connectivity index (χ2n) is 3.86. The van der Waals surface area contributed by atoms with E-state index in [1.54, 1.807) is 18.3 Å². The molecule has 0 bridgehead atoms. The minimum atomic E-state index is -0.763. The van der Waals surface area contributed by atoms with Gasteiger partial charge in [-0.05, 0) is 61.7 Å². The first-order chi connectivity index (χ1) is 8.56. The van der Waals surface area contributed by atoms with Crippen molar-refractivity contribution in [1.29, 1.82) is 0 Å². The Morgan fingerprint density at radius 2 is 2.00 bits per heavy atom. The minimum Gasteiger partial charge on any atom is -0.388 e. The summed E-state index contributed by atoms with van der Waals surface area (Å²) in [6.07, 6.45) is 1.26. The summed E-state index contributed by atoms with van der Waals surface area (Å²) in [5, 5.41) is 10.0. The van der Waals surface area contributed by atoms with Gasteiger partial charge in [-0.1, -0.05) is 6.07 Å². The molecular formula is C13H10Br2FNO. The fourth-order valence-corrected chi connectivity index (χ4v) is 2.04. The molecule has 0 spiro atoms. The first-order valence-corrected chi connectivity index (χ1v) is 6.88. The largest absolute Gasteiger partial charge is 0.388 e. The number of pyridine rings is 1. The molecule has 18 heavy (non-hydrogen) atoms. The predicted molar refractivity (Wildman–Crippen MR) is 74.7 cm³/mol. The van der Waals surface area contributed by atoms with Crippen molar-refractivity contribution >= 4 is 31.9 Å². The van der Waals surface area contributed by atoms with E-state index in [2.05, 4.69) is 36.8 Å². The zero-order chi connectivity index (χ0) is 13.1. The molecule has 2 aromatic rings. The van der Waals surface area contributed by atoms with Crippen molar-refractivity contribution in [3.8, 4) is 0 Å². The topological polar surface area (TPSA) is 33.1 Å². The van der Waals surface area contributed by atoms with Crippen LogP contribution in [0.4, 0.5) is 4.39 Å². The molecule has 1 unspecified atom stereocenters. The second-order valence-corrected chi connectivity index (χ2v) is 5.63. The standard InChI is InChI=1S/C13H10Br2FNO/c14-9-2-3-10(17-7-9)6-13(18)8-1-4-11(15)12(16)5-8/h1-5,7,13,18H,6H2. The summed E-state index contributed by atoms with van der Waals surface area (Å²) >= 11 is 6.37. The fraction of sp³-hybridized carbons (Fsp3) is 0.154. The Morgan fingerprint density at radius 1 is 1.22 bits per heavy atom. The third kappa shape index (κ3) is 3.37. The Balaban J connectivity index is 2.13. The van der Waals surface area contributed by atoms with Crippen LogP contribution in [0.2, 0.25) is 0 Å². The molecule has 0 saturated heterocycles. The summed E-state index contributed by atoms with van der Waals surface area (Å²) in [5.41, 5.74) is 1.30. The Bertz CT molecular complexity index is 545. The first kappa shape index (κ1) is 13.6. The molecule has 0 radical (unpaired) electrons. The van der Waals surface area contributed by atoms with Crippen LogP contribution in [0.3, 0.4) is 0 Å². The number of benzene rings is 1. The molecule has 1 atom stereocenters. The Labute approximate surface area is 121 Å². The Kier molecular flexibility index (Phi) is 4.48. The molecule has 2 nitrogen and oxygen atoms in total. The van der Waals surface area contributed by atoms with E-state index in [0.717, 1.165) is 10.2 Å². The highest BCUT2D eigenvalue weighted by atomic mass is 79.9. The monoisotopic (exact) mass is 373 g/mol. The van der Waals surface area contributed by atoms with E-state index in [9.17, 15) is 9.50 Å². The fourth-order valence-electron chi connectivity index (χ4n) is 1.56. The number of nitrogens with zero attached hydrogens (tertiary/aromatic N) is 1. The van der Waals surface area contributed by atoms with Gasteiger partial charge in [0.2, 0.25) is 0 Å². The van der Waals surface area contributed by atoms with Crippen LogP contribution in [-0.2, 0) is 6.42 Å². The number of rotatable bonds is 3. The van der Waals surface area contributed by atoms with Gasteiger partial charge in [0.25, 0.3) is 0 Å². The maximum Gasteiger partial charge on any atom is 0.137 e. The molecule has 94 valence electrons. The molecule has 0 aliphatic heterocycles. The average Bonchev–Trinajstić information content (AvgIpc) is 2.35. The van der Waals surface area contributed by atoms with Gasteiger partial charge >= 0.3 is 0 Å². The van der Waals surface area contributed by atoms with Crippen molar-refractivity contribution in [2.24, 2.45) is 0 Å². The van der Waals surface area contributed by atoms with Crippen LogP contribution in [-0.4, -0.2) is 10.1 Å². The molecule has 0 fully saturated rings. The number of aromatic nitrogens is 1. The van der Waals surface area contributed by atoms with Crippen LogP contribution in [0.25, 0.3) is 0 Å². The maximum atomic E-state index is 13.4. The van der Waals surface area contributed by atoms with Crippen LogP contribution in [0, 0.1) is 5.82 Å². The SMILES string of the molecule is OC(Cc1ccc(Br)cn1)c1ccc(Br)c(F)c1. The van der Waals surface area contributed by atoms with Gasteiger partial charge in [-0.25, -0.2) is 4.39 Å². The van der Waals surface area contributed by atoms with Crippen molar-refractivity contribution in [1.82, 2.24) is 4.98 Å². The third-order valence-electron chi connectivity index (χ3n) is 2.52. The lowest BCUT2D eigenvalue weighted by atomic mass is 10.0. The molecule has 1 N–H and O–H groups in total. The lowest BCUT2D eigenvalue weighted by molar-refractivity contribution is 0.176. The molecule has 1 aromatic heterocycles. The minimum absolute atomic E-state index is 0.356. The van der Waals surface area contributed by atoms with E-state index in [1.807, 2.05) is 12.1 Å². The van der Waals surface area contributed by atoms with Gasteiger partial charge in [0.05, 0.1) is 10.6 Å². The maximum absolute atomic E-state index is 13.4. The number of hydrogen-bond acceptors (Lipinski definition) is 2. The van der Waals surface area contributed by atoms with Crippen molar-refractivity contribution in [2.45, 2.75) is 12.5 Å². The highest BCUT2D eigenvalue weighted by Gasteiger charge is 2.11. The summed E-state index contributed by atoms with van der Waals surface area (Å²) in [6.45, 7) is 0. The normalized spacial score (nSPS) is 12.4. The van der Waals surface area contributed by atoms with E-state index in [0.29, 0.717) is 16.5 Å². The summed E-state index contributed by atoms with van der Waals surface area (Å²) in [6, 6.07) is 8.28. The third-order valence-corrected chi connectivity index (χ3v) is 3.63. The van der Waals surface area contributed by atoms with Gasteiger partial charge in [0, 0.05) is 22.8 Å². The van der Waals surface area contributed by atoms with Crippen molar-refractivity contribution in [3.05, 3.63) is 62.5 Å². The highest BCUT2D eigenvalue weighted by Crippen LogP contribution is 2.23. The van der Waals surface area contributed by atoms with Crippen molar-refractivity contribution in [3.63, 3.8) is 0 Å². The van der Waals surface area contributed by atoms with Gasteiger partial charge in [0.15, 0.2) is 0 Å². The molecule has 0 amide bonds. The van der Waals surface area contributed by atoms with E-state index in [1.165, 1.54) is 6.07 Å². The molecule has 5 heteroatoms. The zero-order valence-corrected chi connectivity index (χ0v) is 12.4. The molecule has 0 aliphatic rings. The first-order valence-electron chi connectivity index (χ1n) is 5.29. The smallest absolute Gasteiger partial charge is 0.137 e. The summed E-state index contributed by atoms with van der Waals surface area (Å²) in [4.78, 5) is 4.17. The van der Waals surface area contributed by atoms with Crippen LogP contribution in [0.5, 0.6) is 0 Å². The second kappa shape index (κ2) is 5.91. The van der Waals surface area contributed by atoms with Crippen LogP contribution in [0.1, 0.15) is 17.4 Å². The van der Waals surface area contributed by atoms with Gasteiger partial charge in [-0.3, -0.25) is 4.98 Å². The van der Waals surface area contributed by atoms with E-state index >= 15 is 0 Å². The van der Waals surface area contributed by atoms with E-state index < -0.39 is 6.10 Å². The molecular weight excluding hydrogens is 365 g/mol. The van der Waals surface area contributed by atoms with E-state index in [-0.39, 0.29) is 5.82 Å². The van der Waals surface area contributed by atoms with E-state index in [4.69, 9.17) is 0 Å². The molecule has 2 rings (SSSR count). The Hall–Kier alpha value is -0.780. The van der Waals surface area contributed by atoms with Crippen LogP contribution in [0.15, 0.2) is 45.5 Å². The highest BCUT2D eigenvalue weighted by molar-refractivity contribution is 9.10. The summed E-state index contributed by atoms with van der Waals surface area (Å²) in [5.74, 6) is -0.379. The van der Waals surface area contributed by atoms with Gasteiger partial charge < -0.3 is 5.11 Å². The van der Waals surface area contributed by atoms with Crippen molar-refractivity contribution in [2.75, 3.05) is 0 Å². The number of halogens is 3. The lowest BCUT2D eigenvalue weighted by Gasteiger charge is -2.11. The molecule has 0 aliphatic carbocycles. The van der Waals surface area contributed by atoms with Crippen molar-refractivity contribution < 1.29 is 9.50 Å². The van der Waals surface area contributed by atoms with Crippen LogP contribution >= 0.6 is 31.9 Å². The summed E-state index contributed by atoms with van der Waals surface area (Å²) < 4.78 is 14.6. The quantitative estimate of drug-likeness (QED) is 0.880. The Morgan fingerprint density at radius 3 is 2.61 bits per heavy atom. The van der Waals surface area contributed by atoms with Gasteiger partial charge in [0.1, 0.15) is 5.82 Å². The number of hydrogen-bond donors (Lipinski definition) is 1. The van der Waals surface area contributed by atoms with Gasteiger partial charge in [-0.15, -0.1) is 0 Å². The van der Waals surface area contributed by atoms with Gasteiger partial charge in [-0.2, -0.15) is 0 Å². The summed E-state index contributed by atoms with van der Waals surface area (Å²) in [7, 11) is 0. The molecule has 1 heterocycles. The predicted octanol–water partition coefficient (Wildman–Crippen LogP) is 4.02.